The molecule has 0 aliphatic carbocycles. The van der Waals surface area contributed by atoms with Gasteiger partial charge in [-0.15, -0.1) is 29.9 Å². The number of nitrogen functional groups attached to an aromatic ring is 1. The molecule has 234 valence electrons. The van der Waals surface area contributed by atoms with Crippen LogP contribution in [0.2, 0.25) is 0 Å². The summed E-state index contributed by atoms with van der Waals surface area (Å²) in [6, 6.07) is 23.1. The molecule has 3 aromatic carbocycles. The van der Waals surface area contributed by atoms with E-state index in [-0.39, 0.29) is 49.9 Å². The average Bonchev–Trinajstić information content (AvgIpc) is 3.49. The van der Waals surface area contributed by atoms with E-state index in [1.165, 1.54) is 6.07 Å². The van der Waals surface area contributed by atoms with Crippen LogP contribution in [-0.2, 0) is 15.8 Å². The first-order chi connectivity index (χ1) is 20.4. The van der Waals surface area contributed by atoms with Gasteiger partial charge in [-0.3, -0.25) is 4.79 Å². The zero-order valence-corrected chi connectivity index (χ0v) is 25.7. The molecule has 0 saturated carbocycles. The number of nitrogens with two attached hydrogens (primary N) is 1. The Balaban J connectivity index is 0.00000221. The van der Waals surface area contributed by atoms with E-state index in [0.717, 1.165) is 37.6 Å². The number of piperidine rings is 1. The van der Waals surface area contributed by atoms with Crippen molar-refractivity contribution in [3.05, 3.63) is 113 Å². The number of ether oxygens (including phenoxy) is 1. The fraction of sp³-hybridized carbons (Fsp3) is 0.344. The maximum absolute atomic E-state index is 14.5. The number of hydrogen-bond donors (Lipinski definition) is 1. The molecule has 4 aromatic rings. The number of aromatic nitrogens is 2. The van der Waals surface area contributed by atoms with Gasteiger partial charge in [-0.05, 0) is 67.7 Å². The summed E-state index contributed by atoms with van der Waals surface area (Å²) in [6.45, 7) is 3.02. The SMILES string of the molecule is Cl.Cl.Nc1nnc(C2(c3ccccc3)CCN(CCC3(c4ccc(F)c(F)c4)CN(C(=O)c4ccccc4)CCO3)CC2)o1. The van der Waals surface area contributed by atoms with Gasteiger partial charge in [-0.25, -0.2) is 8.78 Å². The summed E-state index contributed by atoms with van der Waals surface area (Å²) < 4.78 is 40.5. The van der Waals surface area contributed by atoms with Crippen LogP contribution >= 0.6 is 24.8 Å². The van der Waals surface area contributed by atoms with E-state index in [9.17, 15) is 13.6 Å². The number of likely N-dealkylation sites (tertiary alicyclic amines) is 1. The monoisotopic (exact) mass is 645 g/mol. The van der Waals surface area contributed by atoms with Gasteiger partial charge in [0, 0.05) is 18.7 Å². The van der Waals surface area contributed by atoms with Crippen LogP contribution in [0.1, 0.15) is 46.6 Å². The van der Waals surface area contributed by atoms with Crippen LogP contribution in [0.4, 0.5) is 14.8 Å². The molecule has 1 unspecified atom stereocenters. The van der Waals surface area contributed by atoms with Gasteiger partial charge in [0.15, 0.2) is 11.6 Å². The van der Waals surface area contributed by atoms with Crippen molar-refractivity contribution in [3.63, 3.8) is 0 Å². The molecule has 3 heterocycles. The summed E-state index contributed by atoms with van der Waals surface area (Å²) in [7, 11) is 0. The van der Waals surface area contributed by atoms with Crippen LogP contribution in [0.15, 0.2) is 83.3 Å². The molecule has 8 nitrogen and oxygen atoms in total. The van der Waals surface area contributed by atoms with Crippen LogP contribution < -0.4 is 5.73 Å². The molecule has 12 heteroatoms. The van der Waals surface area contributed by atoms with Crippen molar-refractivity contribution in [1.29, 1.82) is 0 Å². The van der Waals surface area contributed by atoms with Gasteiger partial charge in [-0.2, -0.15) is 0 Å². The lowest BCUT2D eigenvalue weighted by molar-refractivity contribution is -0.114. The van der Waals surface area contributed by atoms with E-state index in [1.807, 2.05) is 36.4 Å². The Morgan fingerprint density at radius 2 is 1.55 bits per heavy atom. The molecule has 1 amide bonds. The number of carbonyl (C=O) groups is 1. The molecule has 0 radical (unpaired) electrons. The second-order valence-electron chi connectivity index (χ2n) is 11.0. The third-order valence-electron chi connectivity index (χ3n) is 8.66. The number of nitrogens with zero attached hydrogens (tertiary/aromatic N) is 4. The van der Waals surface area contributed by atoms with Crippen LogP contribution in [0.3, 0.4) is 0 Å². The Bertz CT molecular complexity index is 1540. The fourth-order valence-corrected chi connectivity index (χ4v) is 6.28. The van der Waals surface area contributed by atoms with E-state index >= 15 is 0 Å². The van der Waals surface area contributed by atoms with Gasteiger partial charge >= 0.3 is 6.01 Å². The number of carbonyl (C=O) groups excluding carboxylic acids is 1. The second kappa shape index (κ2) is 14.0. The lowest BCUT2D eigenvalue weighted by Crippen LogP contribution is -2.53. The standard InChI is InChI=1S/C32H33F2N5O3.2ClH/c33-26-12-11-25(21-27(26)34)32(22-39(19-20-41-32)28(40)23-7-3-1-4-8-23)15-18-38-16-13-31(14-17-38,24-9-5-2-6-10-24)29-36-37-30(35)42-29;;/h1-12,21H,13-20,22H2,(H2,35,37);2*1H. The predicted molar refractivity (Wildman–Crippen MR) is 167 cm³/mol. The van der Waals surface area contributed by atoms with E-state index in [2.05, 4.69) is 27.2 Å². The van der Waals surface area contributed by atoms with Gasteiger partial charge in [0.25, 0.3) is 5.91 Å². The maximum Gasteiger partial charge on any atom is 0.312 e. The number of benzene rings is 3. The zero-order chi connectivity index (χ0) is 29.2. The molecule has 1 aromatic heterocycles. The van der Waals surface area contributed by atoms with Gasteiger partial charge in [-0.1, -0.05) is 59.7 Å². The highest BCUT2D eigenvalue weighted by Crippen LogP contribution is 2.42. The van der Waals surface area contributed by atoms with Crippen molar-refractivity contribution in [2.24, 2.45) is 0 Å². The number of amides is 1. The molecule has 1 atom stereocenters. The van der Waals surface area contributed by atoms with Crippen LogP contribution in [0.25, 0.3) is 0 Å². The van der Waals surface area contributed by atoms with Crippen molar-refractivity contribution < 1.29 is 22.7 Å². The van der Waals surface area contributed by atoms with Crippen LogP contribution in [0.5, 0.6) is 0 Å². The predicted octanol–water partition coefficient (Wildman–Crippen LogP) is 5.61. The summed E-state index contributed by atoms with van der Waals surface area (Å²) in [5.74, 6) is -1.46. The minimum Gasteiger partial charge on any atom is -0.407 e. The molecule has 2 N–H and O–H groups in total. The van der Waals surface area contributed by atoms with Crippen molar-refractivity contribution >= 4 is 36.7 Å². The topological polar surface area (TPSA) is 97.7 Å². The Kier molecular flexibility index (Phi) is 10.6. The summed E-state index contributed by atoms with van der Waals surface area (Å²) in [4.78, 5) is 17.5. The Morgan fingerprint density at radius 1 is 0.864 bits per heavy atom. The highest BCUT2D eigenvalue weighted by molar-refractivity contribution is 5.94. The van der Waals surface area contributed by atoms with Crippen LogP contribution in [-0.4, -0.2) is 65.2 Å². The molecule has 2 aliphatic heterocycles. The second-order valence-corrected chi connectivity index (χ2v) is 11.0. The minimum absolute atomic E-state index is 0. The normalized spacial score (nSPS) is 19.9. The van der Waals surface area contributed by atoms with E-state index in [4.69, 9.17) is 14.9 Å². The first kappa shape index (κ1) is 33.3. The lowest BCUT2D eigenvalue weighted by Gasteiger charge is -2.45. The Morgan fingerprint density at radius 3 is 2.18 bits per heavy atom. The molecular weight excluding hydrogens is 611 g/mol. The van der Waals surface area contributed by atoms with Crippen LogP contribution in [0, 0.1) is 11.6 Å². The highest BCUT2D eigenvalue weighted by Gasteiger charge is 2.44. The van der Waals surface area contributed by atoms with Crippen molar-refractivity contribution in [2.75, 3.05) is 45.1 Å². The Hall–Kier alpha value is -3.57. The minimum atomic E-state index is -0.994. The van der Waals surface area contributed by atoms with Gasteiger partial charge in [0.1, 0.15) is 5.60 Å². The molecule has 0 spiro atoms. The molecule has 2 aliphatic rings. The zero-order valence-electron chi connectivity index (χ0n) is 24.0. The molecule has 2 fully saturated rings. The lowest BCUT2D eigenvalue weighted by atomic mass is 9.72. The van der Waals surface area contributed by atoms with Crippen molar-refractivity contribution in [3.8, 4) is 0 Å². The summed E-state index contributed by atoms with van der Waals surface area (Å²) in [5.41, 5.74) is 6.53. The molecule has 6 rings (SSSR count). The number of hydrogen-bond acceptors (Lipinski definition) is 7. The summed E-state index contributed by atoms with van der Waals surface area (Å²) >= 11 is 0. The van der Waals surface area contributed by atoms with Gasteiger partial charge < -0.3 is 24.7 Å². The average molecular weight is 647 g/mol. The number of anilines is 1. The highest BCUT2D eigenvalue weighted by atomic mass is 35.5. The van der Waals surface area contributed by atoms with E-state index < -0.39 is 22.7 Å². The summed E-state index contributed by atoms with van der Waals surface area (Å²) in [5, 5.41) is 8.18. The van der Waals surface area contributed by atoms with Gasteiger partial charge in [0.05, 0.1) is 18.6 Å². The Labute approximate surface area is 267 Å². The number of halogens is 4. The van der Waals surface area contributed by atoms with Crippen molar-refractivity contribution in [2.45, 2.75) is 30.3 Å². The molecular formula is C32H35Cl2F2N5O3. The first-order valence-corrected chi connectivity index (χ1v) is 14.2. The summed E-state index contributed by atoms with van der Waals surface area (Å²) in [6.07, 6.45) is 1.95. The molecule has 2 saturated heterocycles. The number of rotatable bonds is 7. The fourth-order valence-electron chi connectivity index (χ4n) is 6.28. The number of morpholine rings is 1. The molecule has 0 bridgehead atoms. The third-order valence-corrected chi connectivity index (χ3v) is 8.66. The smallest absolute Gasteiger partial charge is 0.312 e. The van der Waals surface area contributed by atoms with Crippen molar-refractivity contribution in [1.82, 2.24) is 20.0 Å². The maximum atomic E-state index is 14.5. The van der Waals surface area contributed by atoms with E-state index in [1.54, 1.807) is 23.1 Å². The third kappa shape index (κ3) is 6.58. The largest absolute Gasteiger partial charge is 0.407 e. The quantitative estimate of drug-likeness (QED) is 0.279. The van der Waals surface area contributed by atoms with E-state index in [0.29, 0.717) is 36.5 Å². The molecule has 44 heavy (non-hydrogen) atoms. The first-order valence-electron chi connectivity index (χ1n) is 14.2. The van der Waals surface area contributed by atoms with Gasteiger partial charge in [0.2, 0.25) is 5.89 Å².